The lowest BCUT2D eigenvalue weighted by Gasteiger charge is -2.47. The molecule has 0 saturated carbocycles. The highest BCUT2D eigenvalue weighted by Crippen LogP contribution is 2.30. The van der Waals surface area contributed by atoms with Crippen LogP contribution in [-0.2, 0) is 20.7 Å². The standard InChI is InChI=1S/C22H28N4O3.CH2O2/c1-18-20(24-29-23-18)16-21(27)26-12-9-22(10-13-26)17-25(14-15-28-22)11-5-8-19-6-3-2-4-7-19;2-1-3/h2-8H,9-17H2,1H3;1H,(H,2,3)/b8-5+;. The fraction of sp³-hybridized carbons (Fsp3) is 0.478. The van der Waals surface area contributed by atoms with Crippen molar-refractivity contribution in [3.05, 3.63) is 53.4 Å². The molecule has 1 N–H and O–H groups in total. The fourth-order valence-corrected chi connectivity index (χ4v) is 4.11. The summed E-state index contributed by atoms with van der Waals surface area (Å²) in [6.45, 7) is 6.52. The molecule has 0 bridgehead atoms. The van der Waals surface area contributed by atoms with E-state index in [1.54, 1.807) is 6.92 Å². The Morgan fingerprint density at radius 1 is 1.19 bits per heavy atom. The van der Waals surface area contributed by atoms with Crippen molar-refractivity contribution in [1.29, 1.82) is 0 Å². The Bertz CT molecular complexity index is 891. The maximum absolute atomic E-state index is 12.6. The smallest absolute Gasteiger partial charge is 0.290 e. The van der Waals surface area contributed by atoms with Gasteiger partial charge in [0.2, 0.25) is 5.91 Å². The third-order valence-electron chi connectivity index (χ3n) is 5.89. The first-order valence-corrected chi connectivity index (χ1v) is 10.8. The Balaban J connectivity index is 0.000000913. The Kier molecular flexibility index (Phi) is 8.52. The lowest BCUT2D eigenvalue weighted by molar-refractivity contribution is -0.149. The summed E-state index contributed by atoms with van der Waals surface area (Å²) in [5.41, 5.74) is 2.39. The number of hydrogen-bond donors (Lipinski definition) is 1. The molecule has 1 aromatic heterocycles. The second-order valence-electron chi connectivity index (χ2n) is 8.04. The number of benzene rings is 1. The van der Waals surface area contributed by atoms with Gasteiger partial charge in [-0.2, -0.15) is 0 Å². The van der Waals surface area contributed by atoms with Crippen LogP contribution < -0.4 is 0 Å². The van der Waals surface area contributed by atoms with Crippen LogP contribution in [0.4, 0.5) is 0 Å². The summed E-state index contributed by atoms with van der Waals surface area (Å²) in [5, 5.41) is 14.5. The monoisotopic (exact) mass is 442 g/mol. The van der Waals surface area contributed by atoms with Gasteiger partial charge in [-0.05, 0) is 25.3 Å². The van der Waals surface area contributed by atoms with Crippen molar-refractivity contribution >= 4 is 18.5 Å². The third-order valence-corrected chi connectivity index (χ3v) is 5.89. The lowest BCUT2D eigenvalue weighted by atomic mass is 9.89. The van der Waals surface area contributed by atoms with Crippen molar-refractivity contribution in [2.24, 2.45) is 0 Å². The van der Waals surface area contributed by atoms with Crippen molar-refractivity contribution in [3.8, 4) is 0 Å². The fourth-order valence-electron chi connectivity index (χ4n) is 4.11. The predicted molar refractivity (Wildman–Crippen MR) is 118 cm³/mol. The van der Waals surface area contributed by atoms with Crippen molar-refractivity contribution < 1.29 is 24.1 Å². The summed E-state index contributed by atoms with van der Waals surface area (Å²) >= 11 is 0. The number of nitrogens with zero attached hydrogens (tertiary/aromatic N) is 4. The summed E-state index contributed by atoms with van der Waals surface area (Å²) in [6.07, 6.45) is 6.38. The second-order valence-corrected chi connectivity index (χ2v) is 8.04. The SMILES string of the molecule is Cc1nonc1CC(=O)N1CCC2(CC1)CN(C/C=C/c1ccccc1)CCO2.O=CO. The maximum Gasteiger partial charge on any atom is 0.290 e. The van der Waals surface area contributed by atoms with Crippen LogP contribution >= 0.6 is 0 Å². The number of aromatic nitrogens is 2. The minimum Gasteiger partial charge on any atom is -0.483 e. The van der Waals surface area contributed by atoms with Crippen LogP contribution in [0.2, 0.25) is 0 Å². The van der Waals surface area contributed by atoms with E-state index in [2.05, 4.69) is 51.6 Å². The summed E-state index contributed by atoms with van der Waals surface area (Å²) in [4.78, 5) is 25.3. The largest absolute Gasteiger partial charge is 0.483 e. The molecule has 0 atom stereocenters. The van der Waals surface area contributed by atoms with Crippen LogP contribution in [-0.4, -0.2) is 82.5 Å². The molecule has 1 amide bonds. The van der Waals surface area contributed by atoms with E-state index in [1.165, 1.54) is 5.56 Å². The van der Waals surface area contributed by atoms with Gasteiger partial charge in [0.1, 0.15) is 11.4 Å². The van der Waals surface area contributed by atoms with E-state index >= 15 is 0 Å². The van der Waals surface area contributed by atoms with E-state index in [4.69, 9.17) is 19.3 Å². The average Bonchev–Trinajstić information content (AvgIpc) is 3.20. The number of piperidine rings is 1. The van der Waals surface area contributed by atoms with Gasteiger partial charge in [-0.15, -0.1) is 0 Å². The number of aryl methyl sites for hydroxylation is 1. The topological polar surface area (TPSA) is 109 Å². The maximum atomic E-state index is 12.6. The van der Waals surface area contributed by atoms with Gasteiger partial charge >= 0.3 is 0 Å². The molecule has 2 saturated heterocycles. The zero-order valence-electron chi connectivity index (χ0n) is 18.4. The van der Waals surface area contributed by atoms with E-state index in [0.717, 1.165) is 52.2 Å². The van der Waals surface area contributed by atoms with Gasteiger partial charge in [0.05, 0.1) is 18.6 Å². The van der Waals surface area contributed by atoms with Crippen LogP contribution in [0.25, 0.3) is 6.08 Å². The molecule has 9 nitrogen and oxygen atoms in total. The van der Waals surface area contributed by atoms with Gasteiger partial charge in [0.25, 0.3) is 6.47 Å². The van der Waals surface area contributed by atoms with Crippen LogP contribution in [0.3, 0.4) is 0 Å². The third kappa shape index (κ3) is 6.48. The molecule has 0 aliphatic carbocycles. The molecule has 2 aliphatic rings. The molecule has 1 spiro atoms. The first kappa shape index (κ1) is 23.6. The zero-order chi connectivity index (χ0) is 22.8. The molecule has 1 aromatic carbocycles. The minimum atomic E-state index is -0.250. The quantitative estimate of drug-likeness (QED) is 0.701. The highest BCUT2D eigenvalue weighted by atomic mass is 16.6. The number of likely N-dealkylation sites (tertiary alicyclic amines) is 1. The predicted octanol–water partition coefficient (Wildman–Crippen LogP) is 2.03. The molecule has 32 heavy (non-hydrogen) atoms. The summed E-state index contributed by atoms with van der Waals surface area (Å²) in [5.74, 6) is 0.0807. The molecule has 0 unspecified atom stereocenters. The van der Waals surface area contributed by atoms with E-state index < -0.39 is 0 Å². The van der Waals surface area contributed by atoms with Crippen LogP contribution in [0.15, 0.2) is 41.0 Å². The van der Waals surface area contributed by atoms with Gasteiger partial charge in [-0.1, -0.05) is 52.8 Å². The van der Waals surface area contributed by atoms with Gasteiger partial charge in [0.15, 0.2) is 0 Å². The number of carbonyl (C=O) groups excluding carboxylic acids is 1. The van der Waals surface area contributed by atoms with Crippen molar-refractivity contribution in [2.75, 3.05) is 39.3 Å². The summed E-state index contributed by atoms with van der Waals surface area (Å²) in [7, 11) is 0. The highest BCUT2D eigenvalue weighted by Gasteiger charge is 2.40. The Labute approximate surface area is 187 Å². The summed E-state index contributed by atoms with van der Waals surface area (Å²) < 4.78 is 10.9. The molecule has 2 fully saturated rings. The Morgan fingerprint density at radius 2 is 1.91 bits per heavy atom. The number of carbonyl (C=O) groups is 2. The minimum absolute atomic E-state index is 0.0807. The van der Waals surface area contributed by atoms with Crippen LogP contribution in [0.1, 0.15) is 29.8 Å². The van der Waals surface area contributed by atoms with E-state index in [1.807, 2.05) is 11.0 Å². The van der Waals surface area contributed by atoms with E-state index in [9.17, 15) is 4.79 Å². The van der Waals surface area contributed by atoms with Gasteiger partial charge in [0, 0.05) is 32.7 Å². The zero-order valence-corrected chi connectivity index (χ0v) is 18.4. The number of rotatable bonds is 5. The number of morpholine rings is 1. The molecular formula is C23H30N4O5. The van der Waals surface area contributed by atoms with Crippen molar-refractivity contribution in [2.45, 2.75) is 31.8 Å². The molecule has 0 radical (unpaired) electrons. The molecule has 2 aromatic rings. The van der Waals surface area contributed by atoms with Gasteiger partial charge < -0.3 is 14.7 Å². The van der Waals surface area contributed by atoms with E-state index in [-0.39, 0.29) is 24.4 Å². The molecular weight excluding hydrogens is 412 g/mol. The molecule has 172 valence electrons. The van der Waals surface area contributed by atoms with E-state index in [0.29, 0.717) is 11.4 Å². The molecule has 2 aliphatic heterocycles. The Hall–Kier alpha value is -3.04. The average molecular weight is 443 g/mol. The first-order chi connectivity index (χ1) is 15.5. The highest BCUT2D eigenvalue weighted by molar-refractivity contribution is 5.78. The normalized spacial score (nSPS) is 18.3. The van der Waals surface area contributed by atoms with Crippen LogP contribution in [0, 0.1) is 6.92 Å². The van der Waals surface area contributed by atoms with Crippen LogP contribution in [0.5, 0.6) is 0 Å². The number of amides is 1. The second kappa shape index (κ2) is 11.5. The van der Waals surface area contributed by atoms with Crippen molar-refractivity contribution in [3.63, 3.8) is 0 Å². The number of hydrogen-bond acceptors (Lipinski definition) is 7. The lowest BCUT2D eigenvalue weighted by Crippen LogP contribution is -2.57. The van der Waals surface area contributed by atoms with Gasteiger partial charge in [-0.25, -0.2) is 4.63 Å². The molecule has 4 rings (SSSR count). The van der Waals surface area contributed by atoms with Gasteiger partial charge in [-0.3, -0.25) is 14.5 Å². The Morgan fingerprint density at radius 3 is 2.56 bits per heavy atom. The number of ether oxygens (including phenoxy) is 1. The number of carboxylic acid groups (broad SMARTS) is 1. The first-order valence-electron chi connectivity index (χ1n) is 10.8. The molecule has 9 heteroatoms. The van der Waals surface area contributed by atoms with Crippen molar-refractivity contribution in [1.82, 2.24) is 20.1 Å². The summed E-state index contributed by atoms with van der Waals surface area (Å²) in [6, 6.07) is 10.4. The molecule has 3 heterocycles.